The van der Waals surface area contributed by atoms with Crippen LogP contribution in [-0.2, 0) is 0 Å². The quantitative estimate of drug-likeness (QED) is 0.424. The highest BCUT2D eigenvalue weighted by Gasteiger charge is 2.32. The lowest BCUT2D eigenvalue weighted by atomic mass is 10.6. The molecule has 0 nitrogen and oxygen atoms in total. The van der Waals surface area contributed by atoms with E-state index in [0.29, 0.717) is 0 Å². The predicted octanol–water partition coefficient (Wildman–Crippen LogP) is 2.14. The van der Waals surface area contributed by atoms with Crippen LogP contribution in [0, 0.1) is 0 Å². The van der Waals surface area contributed by atoms with Gasteiger partial charge in [0.2, 0.25) is 0 Å². The minimum absolute atomic E-state index is 0. The summed E-state index contributed by atoms with van der Waals surface area (Å²) < 4.78 is 43.0. The molecule has 7 heavy (non-hydrogen) atoms. The van der Waals surface area contributed by atoms with Crippen molar-refractivity contribution in [2.75, 3.05) is 0 Å². The van der Waals surface area contributed by atoms with Gasteiger partial charge in [0, 0.05) is 0 Å². The van der Waals surface area contributed by atoms with Crippen LogP contribution in [0.4, 0.5) is 17.6 Å². The van der Waals surface area contributed by atoms with Crippen molar-refractivity contribution >= 4 is 0 Å². The van der Waals surface area contributed by atoms with Crippen LogP contribution in [0.15, 0.2) is 12.4 Å². The van der Waals surface area contributed by atoms with Crippen LogP contribution in [0.5, 0.6) is 0 Å². The molecule has 0 heterocycles. The molecule has 0 atom stereocenters. The maximum atomic E-state index is 10.9. The lowest BCUT2D eigenvalue weighted by molar-refractivity contribution is -0.108. The van der Waals surface area contributed by atoms with Crippen molar-refractivity contribution in [2.24, 2.45) is 0 Å². The van der Waals surface area contributed by atoms with Crippen molar-refractivity contribution < 1.29 is 19.0 Å². The first-order valence-corrected chi connectivity index (χ1v) is 1.36. The highest BCUT2D eigenvalue weighted by atomic mass is 19.4. The van der Waals surface area contributed by atoms with E-state index in [0.717, 1.165) is 0 Å². The molecule has 0 aliphatic rings. The molecule has 42 valence electrons. The average molecular weight is 115 g/mol. The molecule has 0 spiro atoms. The number of hydrogen-bond donors (Lipinski definition) is 0. The Balaban J connectivity index is 0. The molecule has 0 radical (unpaired) electrons. The van der Waals surface area contributed by atoms with Crippen LogP contribution in [0.3, 0.4) is 0 Å². The van der Waals surface area contributed by atoms with Crippen molar-refractivity contribution in [3.05, 3.63) is 12.4 Å². The van der Waals surface area contributed by atoms with Gasteiger partial charge in [0.15, 0.2) is 5.83 Å². The summed E-state index contributed by atoms with van der Waals surface area (Å²) in [4.78, 5) is 0. The molecule has 0 bridgehead atoms. The molecular weight excluding hydrogens is 112 g/mol. The van der Waals surface area contributed by atoms with Crippen LogP contribution in [0.1, 0.15) is 1.43 Å². The second kappa shape index (κ2) is 1.52. The normalized spacial score (nSPS) is 11.4. The van der Waals surface area contributed by atoms with E-state index in [-0.39, 0.29) is 1.43 Å². The minimum atomic E-state index is -4.86. The Labute approximate surface area is 38.9 Å². The first-order valence-electron chi connectivity index (χ1n) is 1.36. The summed E-state index contributed by atoms with van der Waals surface area (Å²) in [6.07, 6.45) is -4.86. The Morgan fingerprint density at radius 1 is 1.43 bits per heavy atom. The topological polar surface area (TPSA) is 0 Å². The molecule has 0 aliphatic carbocycles. The van der Waals surface area contributed by atoms with Gasteiger partial charge in [-0.05, 0) is 0 Å². The van der Waals surface area contributed by atoms with E-state index < -0.39 is 12.0 Å². The van der Waals surface area contributed by atoms with Crippen LogP contribution >= 0.6 is 0 Å². The van der Waals surface area contributed by atoms with Crippen molar-refractivity contribution in [1.29, 1.82) is 0 Å². The molecular formula is C3H3F4+. The fourth-order valence-corrected chi connectivity index (χ4v) is 0. The Hall–Kier alpha value is -0.540. The van der Waals surface area contributed by atoms with E-state index in [1.165, 1.54) is 0 Å². The van der Waals surface area contributed by atoms with Gasteiger partial charge >= 0.3 is 7.60 Å². The van der Waals surface area contributed by atoms with Gasteiger partial charge < -0.3 is 0 Å². The number of allylic oxidation sites excluding steroid dienone is 1. The summed E-state index contributed by atoms with van der Waals surface area (Å²) in [7, 11) is 0. The zero-order valence-electron chi connectivity index (χ0n) is 4.22. The number of rotatable bonds is 0. The number of alkyl halides is 3. The fraction of sp³-hybridized carbons (Fsp3) is 0.333. The summed E-state index contributed by atoms with van der Waals surface area (Å²) in [5.41, 5.74) is 0. The summed E-state index contributed by atoms with van der Waals surface area (Å²) in [5, 5.41) is 0. The molecule has 0 aromatic heterocycles. The molecule has 0 saturated carbocycles. The lowest BCUT2D eigenvalue weighted by Crippen LogP contribution is -2.05. The second-order valence-corrected chi connectivity index (χ2v) is 0.903. The first kappa shape index (κ1) is 6.46. The van der Waals surface area contributed by atoms with Crippen LogP contribution in [0.2, 0.25) is 0 Å². The second-order valence-electron chi connectivity index (χ2n) is 0.903. The van der Waals surface area contributed by atoms with Crippen molar-refractivity contribution in [1.82, 2.24) is 0 Å². The largest absolute Gasteiger partial charge is 1.00 e. The predicted molar refractivity (Wildman–Crippen MR) is 17.4 cm³/mol. The molecule has 0 rings (SSSR count). The van der Waals surface area contributed by atoms with Crippen LogP contribution in [0.25, 0.3) is 0 Å². The number of hydrogen-bond acceptors (Lipinski definition) is 0. The van der Waals surface area contributed by atoms with Gasteiger partial charge in [-0.2, -0.15) is 13.2 Å². The standard InChI is InChI=1S/C3H2F4/c1-2(4)3(5,6)7/h1H2/p+1. The van der Waals surface area contributed by atoms with Crippen LogP contribution in [-0.4, -0.2) is 6.18 Å². The highest BCUT2D eigenvalue weighted by molar-refractivity contribution is 4.88. The zero-order chi connectivity index (χ0) is 6.08. The maximum Gasteiger partial charge on any atom is 1.00 e. The molecule has 0 aromatic carbocycles. The van der Waals surface area contributed by atoms with E-state index >= 15 is 0 Å². The van der Waals surface area contributed by atoms with E-state index in [1.54, 1.807) is 0 Å². The molecule has 0 fully saturated rings. The Bertz CT molecular complexity index is 83.8. The van der Waals surface area contributed by atoms with Crippen molar-refractivity contribution in [2.45, 2.75) is 6.18 Å². The molecule has 0 saturated heterocycles. The molecule has 0 amide bonds. The first-order chi connectivity index (χ1) is 2.94. The monoisotopic (exact) mass is 115 g/mol. The average Bonchev–Trinajstić information content (AvgIpc) is 1.31. The third-order valence-electron chi connectivity index (χ3n) is 0.308. The summed E-state index contributed by atoms with van der Waals surface area (Å²) >= 11 is 0. The minimum Gasteiger partial charge on any atom is -0.202 e. The Morgan fingerprint density at radius 2 is 1.57 bits per heavy atom. The van der Waals surface area contributed by atoms with Gasteiger partial charge in [-0.1, -0.05) is 6.58 Å². The smallest absolute Gasteiger partial charge is 0.202 e. The molecule has 0 N–H and O–H groups in total. The van der Waals surface area contributed by atoms with E-state index in [1.807, 2.05) is 6.58 Å². The maximum absolute atomic E-state index is 10.9. The van der Waals surface area contributed by atoms with Gasteiger partial charge in [-0.3, -0.25) is 0 Å². The molecule has 0 unspecified atom stereocenters. The highest BCUT2D eigenvalue weighted by Crippen LogP contribution is 2.23. The zero-order valence-corrected chi connectivity index (χ0v) is 3.22. The number of halogens is 4. The van der Waals surface area contributed by atoms with Gasteiger partial charge in [0.25, 0.3) is 0 Å². The van der Waals surface area contributed by atoms with E-state index in [2.05, 4.69) is 0 Å². The SMILES string of the molecule is C=C(F)C(F)(F)F.[H+]. The van der Waals surface area contributed by atoms with Gasteiger partial charge in [0.1, 0.15) is 0 Å². The van der Waals surface area contributed by atoms with E-state index in [4.69, 9.17) is 0 Å². The third-order valence-corrected chi connectivity index (χ3v) is 0.308. The van der Waals surface area contributed by atoms with E-state index in [9.17, 15) is 17.6 Å². The Morgan fingerprint density at radius 3 is 1.57 bits per heavy atom. The fourth-order valence-electron chi connectivity index (χ4n) is 0. The Kier molecular flexibility index (Phi) is 1.40. The van der Waals surface area contributed by atoms with Gasteiger partial charge in [-0.25, -0.2) is 4.39 Å². The molecule has 0 aromatic rings. The van der Waals surface area contributed by atoms with Gasteiger partial charge in [-0.15, -0.1) is 0 Å². The summed E-state index contributed by atoms with van der Waals surface area (Å²) in [6.45, 7) is 2.03. The molecule has 4 heteroatoms. The summed E-state index contributed by atoms with van der Waals surface area (Å²) in [5.74, 6) is -2.26. The van der Waals surface area contributed by atoms with Crippen molar-refractivity contribution in [3.63, 3.8) is 0 Å². The third kappa shape index (κ3) is 2.19. The molecule has 0 aliphatic heterocycles. The van der Waals surface area contributed by atoms with Crippen LogP contribution < -0.4 is 0 Å². The lowest BCUT2D eigenvalue weighted by Gasteiger charge is -1.97. The van der Waals surface area contributed by atoms with Crippen molar-refractivity contribution in [3.8, 4) is 0 Å². The summed E-state index contributed by atoms with van der Waals surface area (Å²) in [6, 6.07) is 0. The van der Waals surface area contributed by atoms with Gasteiger partial charge in [0.05, 0.1) is 0 Å².